The van der Waals surface area contributed by atoms with Gasteiger partial charge in [-0.2, -0.15) is 5.10 Å². The standard InChI is InChI=1S/C25H20FN5O4/c1-35-23-11-10-16(12-17(23)14-29-15-18(13-27-29)31(33)34)24-28-21-8-4-2-6-19(21)25(32)30(24)22-9-5-3-7-20(22)26/h2-13,15,24,28H,14H2,1H3. The molecule has 0 saturated heterocycles. The average Bonchev–Trinajstić information content (AvgIpc) is 3.34. The van der Waals surface area contributed by atoms with Gasteiger partial charge in [0.1, 0.15) is 30.1 Å². The summed E-state index contributed by atoms with van der Waals surface area (Å²) in [6.07, 6.45) is 1.79. The van der Waals surface area contributed by atoms with Crippen LogP contribution in [0.1, 0.15) is 27.7 Å². The van der Waals surface area contributed by atoms with E-state index in [0.717, 1.165) is 0 Å². The van der Waals surface area contributed by atoms with Crippen LogP contribution >= 0.6 is 0 Å². The minimum Gasteiger partial charge on any atom is -0.496 e. The van der Waals surface area contributed by atoms with Crippen molar-refractivity contribution >= 4 is 23.0 Å². The lowest BCUT2D eigenvalue weighted by molar-refractivity contribution is -0.385. The van der Waals surface area contributed by atoms with Crippen molar-refractivity contribution < 1.29 is 18.8 Å². The molecule has 3 aromatic carbocycles. The number of ether oxygens (including phenoxy) is 1. The summed E-state index contributed by atoms with van der Waals surface area (Å²) in [6, 6.07) is 18.5. The first-order chi connectivity index (χ1) is 17.0. The van der Waals surface area contributed by atoms with Gasteiger partial charge >= 0.3 is 5.69 Å². The second kappa shape index (κ2) is 8.90. The third kappa shape index (κ3) is 4.05. The van der Waals surface area contributed by atoms with Gasteiger partial charge in [-0.1, -0.05) is 30.3 Å². The summed E-state index contributed by atoms with van der Waals surface area (Å²) in [6.45, 7) is 0.196. The maximum absolute atomic E-state index is 14.9. The Labute approximate surface area is 199 Å². The fourth-order valence-electron chi connectivity index (χ4n) is 4.18. The number of halogens is 1. The van der Waals surface area contributed by atoms with E-state index in [1.165, 1.54) is 35.2 Å². The van der Waals surface area contributed by atoms with Gasteiger partial charge in [-0.3, -0.25) is 24.5 Å². The molecule has 0 aliphatic carbocycles. The number of hydrogen-bond donors (Lipinski definition) is 1. The van der Waals surface area contributed by atoms with E-state index in [9.17, 15) is 19.3 Å². The zero-order chi connectivity index (χ0) is 24.5. The number of carbonyl (C=O) groups is 1. The highest BCUT2D eigenvalue weighted by atomic mass is 19.1. The summed E-state index contributed by atoms with van der Waals surface area (Å²) in [7, 11) is 1.52. The smallest absolute Gasteiger partial charge is 0.307 e. The van der Waals surface area contributed by atoms with E-state index in [0.29, 0.717) is 28.1 Å². The van der Waals surface area contributed by atoms with Crippen molar-refractivity contribution in [3.05, 3.63) is 112 Å². The molecule has 0 saturated carbocycles. The Bertz CT molecular complexity index is 1440. The van der Waals surface area contributed by atoms with Crippen LogP contribution in [-0.2, 0) is 6.54 Å². The first kappa shape index (κ1) is 22.1. The number of nitro groups is 1. The second-order valence-corrected chi connectivity index (χ2v) is 7.94. The highest BCUT2D eigenvalue weighted by molar-refractivity contribution is 6.12. The van der Waals surface area contributed by atoms with Crippen molar-refractivity contribution in [2.45, 2.75) is 12.7 Å². The van der Waals surface area contributed by atoms with E-state index in [2.05, 4.69) is 10.4 Å². The van der Waals surface area contributed by atoms with Gasteiger partial charge in [0, 0.05) is 11.3 Å². The van der Waals surface area contributed by atoms with Crippen LogP contribution in [0.25, 0.3) is 0 Å². The third-order valence-corrected chi connectivity index (χ3v) is 5.82. The molecule has 1 N–H and O–H groups in total. The van der Waals surface area contributed by atoms with Crippen LogP contribution < -0.4 is 15.0 Å². The Morgan fingerprint density at radius 3 is 2.66 bits per heavy atom. The maximum atomic E-state index is 14.9. The zero-order valence-corrected chi connectivity index (χ0v) is 18.6. The molecular formula is C25H20FN5O4. The number of nitrogens with one attached hydrogen (secondary N) is 1. The predicted molar refractivity (Wildman–Crippen MR) is 127 cm³/mol. The number of benzene rings is 3. The quantitative estimate of drug-likeness (QED) is 0.320. The second-order valence-electron chi connectivity index (χ2n) is 7.94. The lowest BCUT2D eigenvalue weighted by Gasteiger charge is -2.38. The van der Waals surface area contributed by atoms with Gasteiger partial charge in [0.2, 0.25) is 0 Å². The van der Waals surface area contributed by atoms with Crippen LogP contribution in [0.4, 0.5) is 21.5 Å². The number of carbonyl (C=O) groups excluding carboxylic acids is 1. The molecule has 1 aliphatic rings. The van der Waals surface area contributed by atoms with E-state index in [-0.39, 0.29) is 23.8 Å². The number of aromatic nitrogens is 2. The number of amides is 1. The van der Waals surface area contributed by atoms with Gasteiger partial charge in [0.25, 0.3) is 5.91 Å². The summed E-state index contributed by atoms with van der Waals surface area (Å²) in [5.74, 6) is -0.314. The Kier molecular flexibility index (Phi) is 5.61. The molecule has 2 heterocycles. The summed E-state index contributed by atoms with van der Waals surface area (Å²) >= 11 is 0. The zero-order valence-electron chi connectivity index (χ0n) is 18.6. The van der Waals surface area contributed by atoms with Crippen molar-refractivity contribution in [3.63, 3.8) is 0 Å². The van der Waals surface area contributed by atoms with E-state index >= 15 is 0 Å². The first-order valence-corrected chi connectivity index (χ1v) is 10.7. The highest BCUT2D eigenvalue weighted by Crippen LogP contribution is 2.38. The highest BCUT2D eigenvalue weighted by Gasteiger charge is 2.35. The molecule has 1 aromatic heterocycles. The summed E-state index contributed by atoms with van der Waals surface area (Å²) in [5, 5.41) is 18.4. The lowest BCUT2D eigenvalue weighted by Crippen LogP contribution is -2.43. The fraction of sp³-hybridized carbons (Fsp3) is 0.120. The van der Waals surface area contributed by atoms with Crippen molar-refractivity contribution in [3.8, 4) is 5.75 Å². The maximum Gasteiger partial charge on any atom is 0.307 e. The Balaban J connectivity index is 1.59. The number of methoxy groups -OCH3 is 1. The Hall–Kier alpha value is -4.73. The molecule has 176 valence electrons. The molecular weight excluding hydrogens is 453 g/mol. The summed E-state index contributed by atoms with van der Waals surface area (Å²) in [4.78, 5) is 25.4. The van der Waals surface area contributed by atoms with Gasteiger partial charge in [-0.25, -0.2) is 4.39 Å². The number of anilines is 2. The molecule has 10 heteroatoms. The monoisotopic (exact) mass is 473 g/mol. The van der Waals surface area contributed by atoms with Crippen LogP contribution in [0.15, 0.2) is 79.1 Å². The molecule has 9 nitrogen and oxygen atoms in total. The van der Waals surface area contributed by atoms with Crippen molar-refractivity contribution in [2.75, 3.05) is 17.3 Å². The van der Waals surface area contributed by atoms with Crippen LogP contribution in [-0.4, -0.2) is 27.7 Å². The first-order valence-electron chi connectivity index (χ1n) is 10.7. The minimum atomic E-state index is -0.717. The molecule has 0 spiro atoms. The molecule has 0 bridgehead atoms. The molecule has 0 fully saturated rings. The molecule has 1 aliphatic heterocycles. The number of hydrogen-bond acceptors (Lipinski definition) is 6. The van der Waals surface area contributed by atoms with E-state index in [1.807, 2.05) is 12.1 Å². The minimum absolute atomic E-state index is 0.123. The summed E-state index contributed by atoms with van der Waals surface area (Å²) < 4.78 is 21.8. The number of rotatable bonds is 6. The molecule has 0 radical (unpaired) electrons. The van der Waals surface area contributed by atoms with Crippen LogP contribution in [0.2, 0.25) is 0 Å². The third-order valence-electron chi connectivity index (χ3n) is 5.82. The van der Waals surface area contributed by atoms with Crippen LogP contribution in [0.3, 0.4) is 0 Å². The molecule has 1 atom stereocenters. The molecule has 5 rings (SSSR count). The van der Waals surface area contributed by atoms with Gasteiger partial charge in [-0.15, -0.1) is 0 Å². The molecule has 35 heavy (non-hydrogen) atoms. The van der Waals surface area contributed by atoms with Crippen molar-refractivity contribution in [1.29, 1.82) is 0 Å². The largest absolute Gasteiger partial charge is 0.496 e. The Morgan fingerprint density at radius 1 is 1.14 bits per heavy atom. The van der Waals surface area contributed by atoms with Crippen molar-refractivity contribution in [2.24, 2.45) is 0 Å². The molecule has 1 amide bonds. The number of fused-ring (bicyclic) bond motifs is 1. The SMILES string of the molecule is COc1ccc(C2Nc3ccccc3C(=O)N2c2ccccc2F)cc1Cn1cc([N+](=O)[O-])cn1. The summed E-state index contributed by atoms with van der Waals surface area (Å²) in [5.41, 5.74) is 2.45. The van der Waals surface area contributed by atoms with Gasteiger partial charge < -0.3 is 10.1 Å². The van der Waals surface area contributed by atoms with Gasteiger partial charge in [0.05, 0.1) is 29.8 Å². The number of nitrogens with zero attached hydrogens (tertiary/aromatic N) is 4. The fourth-order valence-corrected chi connectivity index (χ4v) is 4.18. The van der Waals surface area contributed by atoms with Gasteiger partial charge in [0.15, 0.2) is 0 Å². The normalized spacial score (nSPS) is 14.9. The van der Waals surface area contributed by atoms with E-state index < -0.39 is 16.9 Å². The predicted octanol–water partition coefficient (Wildman–Crippen LogP) is 4.76. The van der Waals surface area contributed by atoms with Gasteiger partial charge in [-0.05, 0) is 42.0 Å². The van der Waals surface area contributed by atoms with E-state index in [4.69, 9.17) is 4.74 Å². The lowest BCUT2D eigenvalue weighted by atomic mass is 10.0. The average molecular weight is 473 g/mol. The molecule has 1 unspecified atom stereocenters. The van der Waals surface area contributed by atoms with Crippen LogP contribution in [0.5, 0.6) is 5.75 Å². The topological polar surface area (TPSA) is 103 Å². The number of para-hydroxylation sites is 2. The van der Waals surface area contributed by atoms with E-state index in [1.54, 1.807) is 48.5 Å². The Morgan fingerprint density at radius 2 is 1.91 bits per heavy atom. The van der Waals surface area contributed by atoms with Crippen LogP contribution in [0, 0.1) is 15.9 Å². The van der Waals surface area contributed by atoms with Crippen molar-refractivity contribution in [1.82, 2.24) is 9.78 Å². The molecule has 4 aromatic rings.